The molecular formula is C6H15LiO6S2Si. The molecular weight excluding hydrogens is 267 g/mol. The van der Waals surface area contributed by atoms with E-state index in [9.17, 15) is 21.4 Å². The van der Waals surface area contributed by atoms with Crippen molar-refractivity contribution >= 4 is 28.6 Å². The fourth-order valence-corrected chi connectivity index (χ4v) is 6.50. The number of hydrogen-bond donors (Lipinski definition) is 0. The van der Waals surface area contributed by atoms with E-state index in [1.54, 1.807) is 19.6 Å². The standard InChI is InChI=1S/C6H16O6S2Si.Li/c1-5-6(13(7,8)9)14(10,11)12-15(2,3)4;/h6H,5H2,1-4H3,(H,7,8,9);/q;+1/p-1. The van der Waals surface area contributed by atoms with Gasteiger partial charge in [0.05, 0.1) is 0 Å². The van der Waals surface area contributed by atoms with Crippen molar-refractivity contribution in [2.24, 2.45) is 0 Å². The Morgan fingerprint density at radius 2 is 1.56 bits per heavy atom. The molecule has 0 aromatic heterocycles. The van der Waals surface area contributed by atoms with Crippen LogP contribution in [0.25, 0.3) is 0 Å². The van der Waals surface area contributed by atoms with Gasteiger partial charge in [0.15, 0.2) is 4.58 Å². The Kier molecular flexibility index (Phi) is 7.11. The van der Waals surface area contributed by atoms with Crippen molar-refractivity contribution in [1.29, 1.82) is 0 Å². The van der Waals surface area contributed by atoms with Gasteiger partial charge in [0.25, 0.3) is 10.1 Å². The van der Waals surface area contributed by atoms with Crippen LogP contribution >= 0.6 is 0 Å². The van der Waals surface area contributed by atoms with Crippen molar-refractivity contribution in [2.75, 3.05) is 0 Å². The largest absolute Gasteiger partial charge is 1.00 e. The summed E-state index contributed by atoms with van der Waals surface area (Å²) in [6.07, 6.45) is -0.307. The Labute approximate surface area is 110 Å². The van der Waals surface area contributed by atoms with Crippen LogP contribution in [0.2, 0.25) is 19.6 Å². The maximum absolute atomic E-state index is 11.5. The molecule has 0 aromatic rings. The van der Waals surface area contributed by atoms with E-state index < -0.39 is 33.1 Å². The van der Waals surface area contributed by atoms with E-state index in [-0.39, 0.29) is 25.3 Å². The summed E-state index contributed by atoms with van der Waals surface area (Å²) in [7, 11) is -11.7. The molecule has 6 nitrogen and oxygen atoms in total. The summed E-state index contributed by atoms with van der Waals surface area (Å²) in [6, 6.07) is 0. The van der Waals surface area contributed by atoms with Gasteiger partial charge in [0.2, 0.25) is 8.32 Å². The Balaban J connectivity index is 0. The van der Waals surface area contributed by atoms with E-state index in [1.165, 1.54) is 6.92 Å². The van der Waals surface area contributed by atoms with Crippen molar-refractivity contribution in [3.05, 3.63) is 0 Å². The third-order valence-corrected chi connectivity index (χ3v) is 7.64. The molecule has 1 atom stereocenters. The van der Waals surface area contributed by atoms with Gasteiger partial charge in [-0.05, 0) is 26.1 Å². The Morgan fingerprint density at radius 1 is 1.19 bits per heavy atom. The summed E-state index contributed by atoms with van der Waals surface area (Å²) in [5.74, 6) is 0. The molecule has 0 spiro atoms. The molecule has 10 heteroatoms. The van der Waals surface area contributed by atoms with Crippen molar-refractivity contribution < 1.29 is 44.1 Å². The van der Waals surface area contributed by atoms with Crippen LogP contribution in [-0.2, 0) is 24.1 Å². The normalized spacial score (nSPS) is 15.3. The maximum atomic E-state index is 11.5. The predicted octanol–water partition coefficient (Wildman–Crippen LogP) is -2.55. The molecule has 0 rings (SSSR count). The molecule has 0 heterocycles. The molecule has 0 aliphatic heterocycles. The quantitative estimate of drug-likeness (QED) is 0.406. The molecule has 92 valence electrons. The van der Waals surface area contributed by atoms with Crippen LogP contribution in [0.3, 0.4) is 0 Å². The van der Waals surface area contributed by atoms with E-state index >= 15 is 0 Å². The molecule has 0 aliphatic rings. The topological polar surface area (TPSA) is 101 Å². The van der Waals surface area contributed by atoms with Crippen molar-refractivity contribution in [1.82, 2.24) is 0 Å². The molecule has 0 radical (unpaired) electrons. The van der Waals surface area contributed by atoms with Gasteiger partial charge in [-0.15, -0.1) is 0 Å². The number of hydrogen-bond acceptors (Lipinski definition) is 6. The Morgan fingerprint density at radius 3 is 1.75 bits per heavy atom. The minimum Gasteiger partial charge on any atom is -0.747 e. The van der Waals surface area contributed by atoms with Gasteiger partial charge >= 0.3 is 18.9 Å². The van der Waals surface area contributed by atoms with Crippen LogP contribution < -0.4 is 18.9 Å². The third kappa shape index (κ3) is 6.39. The first-order valence-corrected chi connectivity index (χ1v) is 10.6. The van der Waals surface area contributed by atoms with Gasteiger partial charge in [-0.1, -0.05) is 6.92 Å². The smallest absolute Gasteiger partial charge is 0.747 e. The van der Waals surface area contributed by atoms with Gasteiger partial charge in [-0.2, -0.15) is 8.42 Å². The minimum absolute atomic E-state index is 0. The van der Waals surface area contributed by atoms with Gasteiger partial charge < -0.3 is 8.42 Å². The molecule has 1 unspecified atom stereocenters. The second-order valence-electron chi connectivity index (χ2n) is 4.02. The van der Waals surface area contributed by atoms with Gasteiger partial charge in [0, 0.05) is 0 Å². The second-order valence-corrected chi connectivity index (χ2v) is 12.3. The van der Waals surface area contributed by atoms with E-state index in [2.05, 4.69) is 0 Å². The first-order chi connectivity index (χ1) is 6.40. The SMILES string of the molecule is CCC(S(=O)(=O)[O-])S(=O)(=O)O[Si](C)(C)C.[Li+]. The van der Waals surface area contributed by atoms with Crippen LogP contribution in [-0.4, -0.2) is 34.3 Å². The molecule has 0 amide bonds. The molecule has 0 aromatic carbocycles. The van der Waals surface area contributed by atoms with E-state index in [0.29, 0.717) is 0 Å². The average molecular weight is 282 g/mol. The predicted molar refractivity (Wildman–Crippen MR) is 57.1 cm³/mol. The summed E-state index contributed by atoms with van der Waals surface area (Å²) >= 11 is 0. The van der Waals surface area contributed by atoms with E-state index in [0.717, 1.165) is 0 Å². The fourth-order valence-electron chi connectivity index (χ4n) is 0.955. The van der Waals surface area contributed by atoms with Crippen LogP contribution in [0, 0.1) is 0 Å². The van der Waals surface area contributed by atoms with Crippen LogP contribution in [0.15, 0.2) is 0 Å². The zero-order valence-corrected chi connectivity index (χ0v) is 12.7. The van der Waals surface area contributed by atoms with Crippen LogP contribution in [0.1, 0.15) is 13.3 Å². The summed E-state index contributed by atoms with van der Waals surface area (Å²) in [5.41, 5.74) is 0. The van der Waals surface area contributed by atoms with Gasteiger partial charge in [0.1, 0.15) is 10.1 Å². The minimum atomic E-state index is -4.89. The van der Waals surface area contributed by atoms with Crippen LogP contribution in [0.4, 0.5) is 0 Å². The summed E-state index contributed by atoms with van der Waals surface area (Å²) in [4.78, 5) is 0. The molecule has 0 fully saturated rings. The third-order valence-electron chi connectivity index (χ3n) is 1.34. The average Bonchev–Trinajstić information content (AvgIpc) is 1.75. The monoisotopic (exact) mass is 282 g/mol. The van der Waals surface area contributed by atoms with Gasteiger partial charge in [-0.3, -0.25) is 0 Å². The van der Waals surface area contributed by atoms with Gasteiger partial charge in [-0.25, -0.2) is 8.42 Å². The van der Waals surface area contributed by atoms with Crippen molar-refractivity contribution in [3.8, 4) is 0 Å². The molecule has 0 N–H and O–H groups in total. The zero-order chi connectivity index (χ0) is 12.5. The molecule has 0 bridgehead atoms. The summed E-state index contributed by atoms with van der Waals surface area (Å²) in [6.45, 7) is 6.09. The van der Waals surface area contributed by atoms with Crippen molar-refractivity contribution in [3.63, 3.8) is 0 Å². The zero-order valence-electron chi connectivity index (χ0n) is 10.1. The molecule has 0 saturated carbocycles. The summed E-state index contributed by atoms with van der Waals surface area (Å²) in [5, 5.41) is 0. The first kappa shape index (κ1) is 19.0. The maximum Gasteiger partial charge on any atom is 1.00 e. The fraction of sp³-hybridized carbons (Fsp3) is 1.00. The Hall–Kier alpha value is 0.634. The first-order valence-electron chi connectivity index (χ1n) is 4.29. The van der Waals surface area contributed by atoms with Crippen LogP contribution in [0.5, 0.6) is 0 Å². The summed E-state index contributed by atoms with van der Waals surface area (Å²) < 4.78 is 57.7. The molecule has 16 heavy (non-hydrogen) atoms. The van der Waals surface area contributed by atoms with E-state index in [1.807, 2.05) is 0 Å². The second kappa shape index (κ2) is 5.99. The van der Waals surface area contributed by atoms with E-state index in [4.69, 9.17) is 3.87 Å². The van der Waals surface area contributed by atoms with Crippen molar-refractivity contribution in [2.45, 2.75) is 37.6 Å². The molecule has 0 saturated heterocycles. The molecule has 0 aliphatic carbocycles. The Bertz CT molecular complexity index is 409. The number of rotatable bonds is 5.